The van der Waals surface area contributed by atoms with Crippen LogP contribution in [0.1, 0.15) is 36.4 Å². The van der Waals surface area contributed by atoms with Gasteiger partial charge < -0.3 is 25.2 Å². The molecule has 0 heterocycles. The molecule has 0 spiro atoms. The highest BCUT2D eigenvalue weighted by Crippen LogP contribution is 2.20. The average molecular weight is 537 g/mol. The third-order valence-electron chi connectivity index (χ3n) is 6.08. The fourth-order valence-corrected chi connectivity index (χ4v) is 4.05. The number of benzene rings is 2. The highest BCUT2D eigenvalue weighted by molar-refractivity contribution is 5.86. The number of ether oxygens (including phenoxy) is 2. The van der Waals surface area contributed by atoms with Gasteiger partial charge in [0, 0.05) is 13.0 Å². The molecule has 2 rings (SSSR count). The van der Waals surface area contributed by atoms with Crippen LogP contribution in [0.5, 0.6) is 0 Å². The lowest BCUT2D eigenvalue weighted by Crippen LogP contribution is -2.39. The summed E-state index contributed by atoms with van der Waals surface area (Å²) in [5.41, 5.74) is 1.81. The largest absolute Gasteiger partial charge is 0.463 e. The summed E-state index contributed by atoms with van der Waals surface area (Å²) in [6, 6.07) is 18.4. The molecule has 0 aliphatic rings. The fourth-order valence-electron chi connectivity index (χ4n) is 4.05. The lowest BCUT2D eigenvalue weighted by atomic mass is 9.96. The molecule has 0 aliphatic carbocycles. The SMILES string of the molecule is C=CC[C@H](CC(=O)NCCOCCO)C(=O)N[C@H](COC(=O)[C@H](CC=C)Cc1ccccc1)c1ccccc1. The number of nitrogens with one attached hydrogen (secondary N) is 2. The first-order valence-electron chi connectivity index (χ1n) is 13.2. The van der Waals surface area contributed by atoms with E-state index in [0.717, 1.165) is 11.1 Å². The Morgan fingerprint density at radius 3 is 2.18 bits per heavy atom. The van der Waals surface area contributed by atoms with Gasteiger partial charge in [0.25, 0.3) is 0 Å². The Labute approximate surface area is 231 Å². The Balaban J connectivity index is 2.04. The van der Waals surface area contributed by atoms with Crippen molar-refractivity contribution in [2.45, 2.75) is 31.7 Å². The highest BCUT2D eigenvalue weighted by atomic mass is 16.5. The predicted octanol–water partition coefficient (Wildman–Crippen LogP) is 3.53. The van der Waals surface area contributed by atoms with E-state index in [2.05, 4.69) is 23.8 Å². The van der Waals surface area contributed by atoms with Gasteiger partial charge >= 0.3 is 5.97 Å². The molecule has 0 aromatic heterocycles. The van der Waals surface area contributed by atoms with E-state index >= 15 is 0 Å². The minimum atomic E-state index is -0.644. The molecule has 3 atom stereocenters. The Hall–Kier alpha value is -3.75. The molecule has 8 nitrogen and oxygen atoms in total. The van der Waals surface area contributed by atoms with Crippen molar-refractivity contribution in [3.05, 3.63) is 97.1 Å². The van der Waals surface area contributed by atoms with Gasteiger partial charge in [-0.3, -0.25) is 14.4 Å². The number of rotatable bonds is 19. The zero-order valence-corrected chi connectivity index (χ0v) is 22.4. The van der Waals surface area contributed by atoms with Crippen molar-refractivity contribution in [1.29, 1.82) is 0 Å². The van der Waals surface area contributed by atoms with Crippen LogP contribution in [-0.4, -0.2) is 55.9 Å². The summed E-state index contributed by atoms with van der Waals surface area (Å²) in [5.74, 6) is -2.02. The molecule has 0 aliphatic heterocycles. The van der Waals surface area contributed by atoms with Crippen molar-refractivity contribution in [3.8, 4) is 0 Å². The third-order valence-corrected chi connectivity index (χ3v) is 6.08. The number of carbonyl (C=O) groups excluding carboxylic acids is 3. The van der Waals surface area contributed by atoms with Crippen LogP contribution in [0.2, 0.25) is 0 Å². The standard InChI is InChI=1S/C31H40N2O6/c1-3-11-26(22-29(35)32-17-19-38-20-18-34)30(36)33-28(25-15-9-6-10-16-25)23-39-31(37)27(12-4-2)21-24-13-7-5-8-14-24/h3-10,13-16,26-28,34H,1-2,11-12,17-23H2,(H,32,35)(H,33,36)/t26-,27-,28-/m1/s1. The maximum atomic E-state index is 13.2. The van der Waals surface area contributed by atoms with Crippen LogP contribution in [-0.2, 0) is 30.3 Å². The van der Waals surface area contributed by atoms with Gasteiger partial charge in [0.15, 0.2) is 0 Å². The van der Waals surface area contributed by atoms with Crippen LogP contribution in [0.3, 0.4) is 0 Å². The molecule has 2 aromatic carbocycles. The van der Waals surface area contributed by atoms with Crippen molar-refractivity contribution >= 4 is 17.8 Å². The third kappa shape index (κ3) is 12.1. The van der Waals surface area contributed by atoms with E-state index in [4.69, 9.17) is 14.6 Å². The Bertz CT molecular complexity index is 1030. The molecule has 210 valence electrons. The van der Waals surface area contributed by atoms with Gasteiger partial charge in [-0.1, -0.05) is 72.8 Å². The van der Waals surface area contributed by atoms with Gasteiger partial charge in [0.2, 0.25) is 11.8 Å². The Morgan fingerprint density at radius 1 is 0.897 bits per heavy atom. The maximum absolute atomic E-state index is 13.2. The van der Waals surface area contributed by atoms with Gasteiger partial charge in [-0.25, -0.2) is 0 Å². The number of hydrogen-bond acceptors (Lipinski definition) is 6. The summed E-state index contributed by atoms with van der Waals surface area (Å²) >= 11 is 0. The van der Waals surface area contributed by atoms with Gasteiger partial charge in [-0.2, -0.15) is 0 Å². The lowest BCUT2D eigenvalue weighted by Gasteiger charge is -2.24. The number of esters is 1. The van der Waals surface area contributed by atoms with Gasteiger partial charge in [0.1, 0.15) is 6.61 Å². The van der Waals surface area contributed by atoms with Crippen LogP contribution >= 0.6 is 0 Å². The lowest BCUT2D eigenvalue weighted by molar-refractivity contribution is -0.150. The zero-order chi connectivity index (χ0) is 28.3. The van der Waals surface area contributed by atoms with E-state index in [1.165, 1.54) is 0 Å². The number of aliphatic hydroxyl groups is 1. The van der Waals surface area contributed by atoms with Crippen molar-refractivity contribution in [1.82, 2.24) is 10.6 Å². The molecule has 2 aromatic rings. The summed E-state index contributed by atoms with van der Waals surface area (Å²) < 4.78 is 10.9. The number of allylic oxidation sites excluding steroid dienone is 2. The monoisotopic (exact) mass is 536 g/mol. The first-order chi connectivity index (χ1) is 19.0. The Kier molecular flexibility index (Phi) is 14.9. The van der Waals surface area contributed by atoms with E-state index < -0.39 is 17.9 Å². The van der Waals surface area contributed by atoms with Crippen LogP contribution in [0.15, 0.2) is 86.0 Å². The average Bonchev–Trinajstić information content (AvgIpc) is 2.95. The van der Waals surface area contributed by atoms with Crippen molar-refractivity contribution in [2.75, 3.05) is 33.0 Å². The maximum Gasteiger partial charge on any atom is 0.309 e. The number of hydrogen-bond donors (Lipinski definition) is 3. The molecule has 2 amide bonds. The predicted molar refractivity (Wildman–Crippen MR) is 151 cm³/mol. The normalized spacial score (nSPS) is 12.9. The molecule has 0 bridgehead atoms. The first kappa shape index (κ1) is 31.5. The molecule has 3 N–H and O–H groups in total. The topological polar surface area (TPSA) is 114 Å². The fraction of sp³-hybridized carbons (Fsp3) is 0.387. The van der Waals surface area contributed by atoms with Crippen molar-refractivity contribution in [3.63, 3.8) is 0 Å². The second-order valence-electron chi connectivity index (χ2n) is 9.12. The molecular formula is C31H40N2O6. The molecule has 0 radical (unpaired) electrons. The summed E-state index contributed by atoms with van der Waals surface area (Å²) in [6.07, 6.45) is 4.57. The molecule has 0 saturated heterocycles. The van der Waals surface area contributed by atoms with Crippen LogP contribution in [0.4, 0.5) is 0 Å². The summed E-state index contributed by atoms with van der Waals surface area (Å²) in [4.78, 5) is 38.7. The molecule has 8 heteroatoms. The first-order valence-corrected chi connectivity index (χ1v) is 13.2. The van der Waals surface area contributed by atoms with Crippen molar-refractivity contribution < 1.29 is 29.0 Å². The van der Waals surface area contributed by atoms with E-state index in [0.29, 0.717) is 19.3 Å². The Morgan fingerprint density at radius 2 is 1.54 bits per heavy atom. The second kappa shape index (κ2) is 18.5. The van der Waals surface area contributed by atoms with Crippen LogP contribution in [0.25, 0.3) is 0 Å². The molecule has 0 saturated carbocycles. The minimum Gasteiger partial charge on any atom is -0.463 e. The van der Waals surface area contributed by atoms with E-state index in [1.807, 2.05) is 60.7 Å². The molecule has 0 fully saturated rings. The minimum absolute atomic E-state index is 0.0301. The van der Waals surface area contributed by atoms with E-state index in [9.17, 15) is 14.4 Å². The van der Waals surface area contributed by atoms with Crippen LogP contribution < -0.4 is 10.6 Å². The van der Waals surface area contributed by atoms with E-state index in [-0.39, 0.29) is 57.2 Å². The molecular weight excluding hydrogens is 496 g/mol. The van der Waals surface area contributed by atoms with Crippen molar-refractivity contribution in [2.24, 2.45) is 11.8 Å². The molecule has 0 unspecified atom stereocenters. The quantitative estimate of drug-likeness (QED) is 0.144. The summed E-state index contributed by atoms with van der Waals surface area (Å²) in [6.45, 7) is 8.10. The van der Waals surface area contributed by atoms with Gasteiger partial charge in [0.05, 0.1) is 37.7 Å². The summed E-state index contributed by atoms with van der Waals surface area (Å²) in [7, 11) is 0. The molecule has 39 heavy (non-hydrogen) atoms. The highest BCUT2D eigenvalue weighted by Gasteiger charge is 2.26. The number of aliphatic hydroxyl groups excluding tert-OH is 1. The van der Waals surface area contributed by atoms with E-state index in [1.54, 1.807) is 12.2 Å². The second-order valence-corrected chi connectivity index (χ2v) is 9.12. The van der Waals surface area contributed by atoms with Gasteiger partial charge in [-0.15, -0.1) is 13.2 Å². The van der Waals surface area contributed by atoms with Crippen LogP contribution in [0, 0.1) is 11.8 Å². The smallest absolute Gasteiger partial charge is 0.309 e. The number of amides is 2. The zero-order valence-electron chi connectivity index (χ0n) is 22.4. The van der Waals surface area contributed by atoms with Gasteiger partial charge in [-0.05, 0) is 30.4 Å². The number of carbonyl (C=O) groups is 3. The summed E-state index contributed by atoms with van der Waals surface area (Å²) in [5, 5.41) is 14.4.